The van der Waals surface area contributed by atoms with Gasteiger partial charge in [0.15, 0.2) is 0 Å². The fourth-order valence-corrected chi connectivity index (χ4v) is 11.9. The summed E-state index contributed by atoms with van der Waals surface area (Å²) < 4.78 is 0. The lowest BCUT2D eigenvalue weighted by Crippen LogP contribution is -2.62. The Kier molecular flexibility index (Phi) is 9.02. The van der Waals surface area contributed by atoms with Crippen LogP contribution >= 0.6 is 17.2 Å². The number of benzene rings is 2. The largest absolute Gasteiger partial charge is 0.335 e. The molecule has 3 fully saturated rings. The molecule has 0 aromatic heterocycles. The number of hydrogen-bond acceptors (Lipinski definition) is 1. The lowest BCUT2D eigenvalue weighted by molar-refractivity contribution is -0.147. The number of nitrogens with zero attached hydrogens (tertiary/aromatic N) is 1. The third kappa shape index (κ3) is 5.65. The molecule has 4 heteroatoms. The van der Waals surface area contributed by atoms with E-state index in [9.17, 15) is 4.79 Å². The fraction of sp³-hybridized carbons (Fsp3) is 0.618. The number of hydrogen-bond donors (Lipinski definition) is 0. The van der Waals surface area contributed by atoms with Gasteiger partial charge in [-0.3, -0.25) is 4.79 Å². The Bertz CT molecular complexity index is 1000. The zero-order valence-electron chi connectivity index (χ0n) is 23.9. The number of likely N-dealkylation sites (tertiary alicyclic amines) is 1. The number of rotatable bonds is 6. The van der Waals surface area contributed by atoms with Gasteiger partial charge in [0.2, 0.25) is 5.91 Å². The van der Waals surface area contributed by atoms with E-state index in [0.717, 1.165) is 18.6 Å². The van der Waals surface area contributed by atoms with Crippen molar-refractivity contribution in [2.45, 2.75) is 96.2 Å². The third-order valence-corrected chi connectivity index (χ3v) is 13.1. The zero-order valence-corrected chi connectivity index (χ0v) is 26.0. The molecule has 4 atom stereocenters. The molecule has 1 amide bonds. The Morgan fingerprint density at radius 1 is 0.842 bits per heavy atom. The van der Waals surface area contributed by atoms with Gasteiger partial charge in [-0.15, -0.1) is 9.24 Å². The zero-order chi connectivity index (χ0) is 26.8. The maximum atomic E-state index is 14.5. The second-order valence-corrected chi connectivity index (χ2v) is 16.4. The summed E-state index contributed by atoms with van der Waals surface area (Å²) in [5.41, 5.74) is 0.0413. The summed E-state index contributed by atoms with van der Waals surface area (Å²) in [6.45, 7) is 7.34. The first-order valence-electron chi connectivity index (χ1n) is 15.3. The predicted molar refractivity (Wildman–Crippen MR) is 168 cm³/mol. The van der Waals surface area contributed by atoms with Gasteiger partial charge in [-0.2, -0.15) is 0 Å². The smallest absolute Gasteiger partial charge is 0.228 e. The second-order valence-electron chi connectivity index (χ2n) is 13.3. The van der Waals surface area contributed by atoms with E-state index in [1.807, 2.05) is 0 Å². The Balaban J connectivity index is 1.69. The third-order valence-electron chi connectivity index (χ3n) is 9.84. The van der Waals surface area contributed by atoms with Crippen LogP contribution in [0.3, 0.4) is 0 Å². The van der Waals surface area contributed by atoms with Gasteiger partial charge in [0.05, 0.1) is 5.54 Å². The normalized spacial score (nSPS) is 27.7. The molecule has 1 aliphatic heterocycles. The molecule has 206 valence electrons. The van der Waals surface area contributed by atoms with E-state index < -0.39 is 7.92 Å². The SMILES string of the molecule is CC(C)(C)C(=O)N1C[C@@H](P)C(C2CCCCC2)[C@]1(CP(c1ccccc1)c1ccccc1)C1CCCCC1. The van der Waals surface area contributed by atoms with E-state index in [2.05, 4.69) is 95.6 Å². The van der Waals surface area contributed by atoms with Crippen LogP contribution in [0.1, 0.15) is 85.0 Å². The van der Waals surface area contributed by atoms with E-state index in [1.54, 1.807) is 0 Å². The molecule has 3 aliphatic rings. The second kappa shape index (κ2) is 12.1. The molecule has 0 bridgehead atoms. The number of carbonyl (C=O) groups excluding carboxylic acids is 1. The monoisotopic (exact) mass is 549 g/mol. The highest BCUT2D eigenvalue weighted by Gasteiger charge is 2.61. The van der Waals surface area contributed by atoms with Crippen molar-refractivity contribution in [1.29, 1.82) is 0 Å². The number of amides is 1. The van der Waals surface area contributed by atoms with Crippen molar-refractivity contribution < 1.29 is 4.79 Å². The Morgan fingerprint density at radius 2 is 1.34 bits per heavy atom. The topological polar surface area (TPSA) is 20.3 Å². The van der Waals surface area contributed by atoms with Crippen molar-refractivity contribution in [1.82, 2.24) is 4.90 Å². The molecule has 2 saturated carbocycles. The molecule has 5 rings (SSSR count). The van der Waals surface area contributed by atoms with Gasteiger partial charge in [-0.1, -0.05) is 133 Å². The van der Waals surface area contributed by atoms with Crippen LogP contribution in [0.2, 0.25) is 0 Å². The predicted octanol–water partition coefficient (Wildman–Crippen LogP) is 7.77. The highest BCUT2D eigenvalue weighted by molar-refractivity contribution is 7.73. The van der Waals surface area contributed by atoms with E-state index >= 15 is 0 Å². The molecule has 2 aliphatic carbocycles. The van der Waals surface area contributed by atoms with Crippen molar-refractivity contribution in [3.8, 4) is 0 Å². The minimum absolute atomic E-state index is 0.0728. The van der Waals surface area contributed by atoms with Crippen LogP contribution in [0.15, 0.2) is 60.7 Å². The fourth-order valence-electron chi connectivity index (χ4n) is 8.19. The maximum absolute atomic E-state index is 14.5. The van der Waals surface area contributed by atoms with Crippen molar-refractivity contribution in [3.05, 3.63) is 60.7 Å². The summed E-state index contributed by atoms with van der Waals surface area (Å²) in [4.78, 5) is 17.0. The van der Waals surface area contributed by atoms with Crippen LogP contribution < -0.4 is 10.6 Å². The van der Waals surface area contributed by atoms with E-state index in [0.29, 0.717) is 23.4 Å². The molecule has 2 nitrogen and oxygen atoms in total. The van der Waals surface area contributed by atoms with Crippen LogP contribution in [0, 0.1) is 23.2 Å². The van der Waals surface area contributed by atoms with Crippen LogP contribution in [0.25, 0.3) is 0 Å². The molecule has 2 aromatic rings. The molecule has 2 unspecified atom stereocenters. The first kappa shape index (κ1) is 28.3. The summed E-state index contributed by atoms with van der Waals surface area (Å²) >= 11 is 0. The molecule has 0 spiro atoms. The molecule has 2 aromatic carbocycles. The number of carbonyl (C=O) groups is 1. The Hall–Kier alpha value is -1.23. The molecule has 0 N–H and O–H groups in total. The molecule has 38 heavy (non-hydrogen) atoms. The van der Waals surface area contributed by atoms with Crippen LogP contribution in [0.5, 0.6) is 0 Å². The molecular formula is C34H49NOP2. The quantitative estimate of drug-likeness (QED) is 0.337. The Labute approximate surface area is 235 Å². The molecular weight excluding hydrogens is 500 g/mol. The van der Waals surface area contributed by atoms with Gasteiger partial charge in [0.1, 0.15) is 0 Å². The van der Waals surface area contributed by atoms with E-state index in [1.165, 1.54) is 74.8 Å². The first-order valence-corrected chi connectivity index (χ1v) is 17.5. The average Bonchev–Trinajstić information content (AvgIpc) is 3.25. The molecule has 1 saturated heterocycles. The Morgan fingerprint density at radius 3 is 1.84 bits per heavy atom. The van der Waals surface area contributed by atoms with Crippen molar-refractivity contribution >= 4 is 33.7 Å². The van der Waals surface area contributed by atoms with Crippen LogP contribution in [-0.4, -0.2) is 34.7 Å². The lowest BCUT2D eigenvalue weighted by Gasteiger charge is -2.54. The summed E-state index contributed by atoms with van der Waals surface area (Å²) in [6.07, 6.45) is 14.4. The van der Waals surface area contributed by atoms with E-state index in [-0.39, 0.29) is 11.0 Å². The summed E-state index contributed by atoms with van der Waals surface area (Å²) in [7, 11) is 2.70. The standard InChI is InChI=1S/C34H49NOP2/c1-33(2,3)32(36)35-24-30(37)31(26-16-8-4-9-17-26)34(35,27-18-10-5-11-19-27)25-38(28-20-12-6-13-21-28)29-22-14-7-15-23-29/h6-7,12-15,20-23,26-27,30-31H,4-5,8-11,16-19,24-25,37H2,1-3H3/t30-,31?,34+/m1/s1. The summed E-state index contributed by atoms with van der Waals surface area (Å²) in [5.74, 6) is 2.27. The first-order chi connectivity index (χ1) is 18.3. The van der Waals surface area contributed by atoms with E-state index in [4.69, 9.17) is 0 Å². The summed E-state index contributed by atoms with van der Waals surface area (Å²) in [6, 6.07) is 22.6. The van der Waals surface area contributed by atoms with Gasteiger partial charge in [-0.25, -0.2) is 0 Å². The molecule has 0 radical (unpaired) electrons. The van der Waals surface area contributed by atoms with Crippen molar-refractivity contribution in [3.63, 3.8) is 0 Å². The summed E-state index contributed by atoms with van der Waals surface area (Å²) in [5, 5.41) is 2.92. The molecule has 1 heterocycles. The van der Waals surface area contributed by atoms with Crippen LogP contribution in [0.4, 0.5) is 0 Å². The highest BCUT2D eigenvalue weighted by atomic mass is 31.1. The van der Waals surface area contributed by atoms with Gasteiger partial charge in [0.25, 0.3) is 0 Å². The lowest BCUT2D eigenvalue weighted by atomic mass is 9.63. The van der Waals surface area contributed by atoms with Crippen LogP contribution in [-0.2, 0) is 4.79 Å². The minimum Gasteiger partial charge on any atom is -0.335 e. The van der Waals surface area contributed by atoms with Gasteiger partial charge < -0.3 is 4.90 Å². The van der Waals surface area contributed by atoms with Gasteiger partial charge in [0, 0.05) is 12.0 Å². The minimum atomic E-state index is -0.592. The van der Waals surface area contributed by atoms with Crippen molar-refractivity contribution in [2.24, 2.45) is 23.2 Å². The maximum Gasteiger partial charge on any atom is 0.228 e. The average molecular weight is 550 g/mol. The van der Waals surface area contributed by atoms with Gasteiger partial charge in [-0.05, 0) is 60.9 Å². The highest BCUT2D eigenvalue weighted by Crippen LogP contribution is 2.58. The van der Waals surface area contributed by atoms with Gasteiger partial charge >= 0.3 is 0 Å². The van der Waals surface area contributed by atoms with Crippen molar-refractivity contribution in [2.75, 3.05) is 12.7 Å².